The van der Waals surface area contributed by atoms with Crippen molar-refractivity contribution >= 4 is 17.4 Å². The Morgan fingerprint density at radius 1 is 1.85 bits per heavy atom. The van der Waals surface area contributed by atoms with E-state index in [0.29, 0.717) is 18.7 Å². The predicted octanol–water partition coefficient (Wildman–Crippen LogP) is 0.524. The van der Waals surface area contributed by atoms with Gasteiger partial charge in [-0.1, -0.05) is 4.49 Å². The lowest BCUT2D eigenvalue weighted by molar-refractivity contribution is 0.0792. The Bertz CT molecular complexity index is 316. The second-order valence-electron chi connectivity index (χ2n) is 2.42. The molecule has 0 bridgehead atoms. The number of hydrogen-bond acceptors (Lipinski definition) is 5. The van der Waals surface area contributed by atoms with E-state index in [1.54, 1.807) is 12.4 Å². The van der Waals surface area contributed by atoms with E-state index in [9.17, 15) is 4.79 Å². The molecule has 0 fully saturated rings. The summed E-state index contributed by atoms with van der Waals surface area (Å²) in [7, 11) is 1.64. The van der Waals surface area contributed by atoms with Gasteiger partial charge >= 0.3 is 0 Å². The van der Waals surface area contributed by atoms with Crippen molar-refractivity contribution in [3.8, 4) is 6.07 Å². The van der Waals surface area contributed by atoms with Crippen LogP contribution >= 0.6 is 11.5 Å². The van der Waals surface area contributed by atoms with E-state index in [2.05, 4.69) is 9.59 Å². The van der Waals surface area contributed by atoms with E-state index in [1.807, 2.05) is 6.07 Å². The zero-order valence-corrected chi connectivity index (χ0v) is 7.91. The molecule has 0 atom stereocenters. The van der Waals surface area contributed by atoms with Gasteiger partial charge in [0.15, 0.2) is 5.69 Å². The average molecular weight is 196 g/mol. The molecule has 1 aromatic rings. The Balaban J connectivity index is 2.54. The fourth-order valence-electron chi connectivity index (χ4n) is 0.773. The van der Waals surface area contributed by atoms with Crippen molar-refractivity contribution in [2.45, 2.75) is 6.42 Å². The number of carbonyl (C=O) groups is 1. The zero-order chi connectivity index (χ0) is 9.68. The van der Waals surface area contributed by atoms with Gasteiger partial charge in [0.25, 0.3) is 5.91 Å². The molecule has 0 aliphatic heterocycles. The zero-order valence-electron chi connectivity index (χ0n) is 7.10. The van der Waals surface area contributed by atoms with Crippen molar-refractivity contribution in [1.29, 1.82) is 5.26 Å². The minimum Gasteiger partial charge on any atom is -0.339 e. The molecule has 0 aromatic carbocycles. The van der Waals surface area contributed by atoms with Gasteiger partial charge in [0, 0.05) is 19.0 Å². The lowest BCUT2D eigenvalue weighted by Crippen LogP contribution is -2.27. The van der Waals surface area contributed by atoms with Gasteiger partial charge in [-0.05, 0) is 11.5 Å². The van der Waals surface area contributed by atoms with Crippen molar-refractivity contribution in [3.05, 3.63) is 11.1 Å². The van der Waals surface area contributed by atoms with Gasteiger partial charge in [-0.3, -0.25) is 4.79 Å². The molecule has 0 N–H and O–H groups in total. The lowest BCUT2D eigenvalue weighted by Gasteiger charge is -2.12. The minimum absolute atomic E-state index is 0.191. The summed E-state index contributed by atoms with van der Waals surface area (Å²) in [6.45, 7) is 0.423. The van der Waals surface area contributed by atoms with Crippen molar-refractivity contribution in [3.63, 3.8) is 0 Å². The van der Waals surface area contributed by atoms with Crippen LogP contribution in [0.15, 0.2) is 5.38 Å². The van der Waals surface area contributed by atoms with Crippen molar-refractivity contribution < 1.29 is 4.79 Å². The molecular weight excluding hydrogens is 188 g/mol. The summed E-state index contributed by atoms with van der Waals surface area (Å²) in [5.74, 6) is -0.191. The van der Waals surface area contributed by atoms with Crippen LogP contribution in [0.1, 0.15) is 16.9 Å². The number of nitriles is 1. The number of hydrogen-bond donors (Lipinski definition) is 0. The summed E-state index contributed by atoms with van der Waals surface area (Å²) in [6.07, 6.45) is 0.333. The second-order valence-corrected chi connectivity index (χ2v) is 3.03. The summed E-state index contributed by atoms with van der Waals surface area (Å²) in [5, 5.41) is 13.5. The van der Waals surface area contributed by atoms with Crippen LogP contribution in [0.2, 0.25) is 0 Å². The van der Waals surface area contributed by atoms with Crippen molar-refractivity contribution in [2.24, 2.45) is 0 Å². The largest absolute Gasteiger partial charge is 0.339 e. The lowest BCUT2D eigenvalue weighted by atomic mass is 10.4. The Morgan fingerprint density at radius 3 is 3.15 bits per heavy atom. The highest BCUT2D eigenvalue weighted by molar-refractivity contribution is 7.03. The van der Waals surface area contributed by atoms with E-state index in [4.69, 9.17) is 5.26 Å². The fraction of sp³-hybridized carbons (Fsp3) is 0.429. The molecule has 1 heterocycles. The van der Waals surface area contributed by atoms with Crippen LogP contribution in [-0.4, -0.2) is 34.0 Å². The van der Waals surface area contributed by atoms with Crippen molar-refractivity contribution in [2.75, 3.05) is 13.6 Å². The van der Waals surface area contributed by atoms with Gasteiger partial charge in [0.05, 0.1) is 12.5 Å². The number of nitrogens with zero attached hydrogens (tertiary/aromatic N) is 4. The molecule has 0 saturated carbocycles. The monoisotopic (exact) mass is 196 g/mol. The van der Waals surface area contributed by atoms with E-state index in [-0.39, 0.29) is 5.91 Å². The Kier molecular flexibility index (Phi) is 3.34. The standard InChI is InChI=1S/C7H8N4OS/c1-11(4-2-3-8)7(12)6-5-13-10-9-6/h5H,2,4H2,1H3. The first-order chi connectivity index (χ1) is 6.25. The fourth-order valence-corrected chi connectivity index (χ4v) is 1.20. The summed E-state index contributed by atoms with van der Waals surface area (Å²) in [4.78, 5) is 12.9. The number of aromatic nitrogens is 2. The first-order valence-corrected chi connectivity index (χ1v) is 4.49. The molecule has 0 radical (unpaired) electrons. The molecule has 5 nitrogen and oxygen atoms in total. The maximum absolute atomic E-state index is 11.4. The molecule has 6 heteroatoms. The maximum atomic E-state index is 11.4. The molecule has 1 aromatic heterocycles. The molecule has 0 aliphatic carbocycles. The molecule has 0 spiro atoms. The van der Waals surface area contributed by atoms with Crippen LogP contribution in [-0.2, 0) is 0 Å². The molecule has 0 unspecified atom stereocenters. The second kappa shape index (κ2) is 4.52. The topological polar surface area (TPSA) is 69.9 Å². The Labute approximate surface area is 79.8 Å². The molecule has 13 heavy (non-hydrogen) atoms. The smallest absolute Gasteiger partial charge is 0.275 e. The van der Waals surface area contributed by atoms with Gasteiger partial charge in [-0.25, -0.2) is 0 Å². The van der Waals surface area contributed by atoms with E-state index >= 15 is 0 Å². The number of carbonyl (C=O) groups excluding carboxylic acids is 1. The average Bonchev–Trinajstić information content (AvgIpc) is 2.65. The highest BCUT2D eigenvalue weighted by Gasteiger charge is 2.13. The van der Waals surface area contributed by atoms with Crippen LogP contribution in [0, 0.1) is 11.3 Å². The van der Waals surface area contributed by atoms with Crippen LogP contribution in [0.4, 0.5) is 0 Å². The summed E-state index contributed by atoms with van der Waals surface area (Å²) < 4.78 is 3.59. The maximum Gasteiger partial charge on any atom is 0.275 e. The van der Waals surface area contributed by atoms with Crippen LogP contribution in [0.3, 0.4) is 0 Å². The Morgan fingerprint density at radius 2 is 2.62 bits per heavy atom. The van der Waals surface area contributed by atoms with E-state index < -0.39 is 0 Å². The molecule has 0 aliphatic rings. The van der Waals surface area contributed by atoms with Gasteiger partial charge in [-0.2, -0.15) is 5.26 Å². The van der Waals surface area contributed by atoms with Gasteiger partial charge in [0.1, 0.15) is 0 Å². The highest BCUT2D eigenvalue weighted by atomic mass is 32.1. The van der Waals surface area contributed by atoms with Crippen molar-refractivity contribution in [1.82, 2.24) is 14.5 Å². The molecule has 1 rings (SSSR count). The van der Waals surface area contributed by atoms with Gasteiger partial charge in [-0.15, -0.1) is 5.10 Å². The third kappa shape index (κ3) is 2.49. The van der Waals surface area contributed by atoms with E-state index in [1.165, 1.54) is 4.90 Å². The normalized spacial score (nSPS) is 9.23. The number of rotatable bonds is 3. The molecule has 0 saturated heterocycles. The van der Waals surface area contributed by atoms with Gasteiger partial charge < -0.3 is 4.90 Å². The SMILES string of the molecule is CN(CCC#N)C(=O)c1csnn1. The van der Waals surface area contributed by atoms with Crippen LogP contribution in [0.25, 0.3) is 0 Å². The number of amides is 1. The summed E-state index contributed by atoms with van der Waals surface area (Å²) >= 11 is 1.14. The van der Waals surface area contributed by atoms with E-state index in [0.717, 1.165) is 11.5 Å². The highest BCUT2D eigenvalue weighted by Crippen LogP contribution is 2.01. The van der Waals surface area contributed by atoms with Crippen LogP contribution in [0.5, 0.6) is 0 Å². The Hall–Kier alpha value is -1.48. The summed E-state index contributed by atoms with van der Waals surface area (Å²) in [6, 6.07) is 1.97. The molecule has 68 valence electrons. The van der Waals surface area contributed by atoms with Gasteiger partial charge in [0.2, 0.25) is 0 Å². The predicted molar refractivity (Wildman–Crippen MR) is 47.1 cm³/mol. The minimum atomic E-state index is -0.191. The first kappa shape index (κ1) is 9.61. The summed E-state index contributed by atoms with van der Waals surface area (Å²) in [5.41, 5.74) is 0.338. The molecule has 1 amide bonds. The molecular formula is C7H8N4OS. The quantitative estimate of drug-likeness (QED) is 0.706. The first-order valence-electron chi connectivity index (χ1n) is 3.65. The third-order valence-electron chi connectivity index (χ3n) is 1.48. The third-order valence-corrected chi connectivity index (χ3v) is 1.99. The van der Waals surface area contributed by atoms with Crippen LogP contribution < -0.4 is 0 Å².